The van der Waals surface area contributed by atoms with Crippen molar-refractivity contribution < 1.29 is 9.84 Å². The summed E-state index contributed by atoms with van der Waals surface area (Å²) in [6.45, 7) is 2.75. The lowest BCUT2D eigenvalue weighted by Crippen LogP contribution is -2.53. The van der Waals surface area contributed by atoms with Crippen LogP contribution in [0.5, 0.6) is 0 Å². The molecule has 3 rings (SSSR count). The molecule has 0 amide bonds. The fourth-order valence-electron chi connectivity index (χ4n) is 3.39. The monoisotopic (exact) mass is 211 g/mol. The fraction of sp³-hybridized carbons (Fsp3) is 1.00. The minimum atomic E-state index is -0.0770. The van der Waals surface area contributed by atoms with Crippen molar-refractivity contribution in [3.63, 3.8) is 0 Å². The molecule has 0 aromatic rings. The van der Waals surface area contributed by atoms with Crippen molar-refractivity contribution in [2.24, 2.45) is 0 Å². The first-order valence-electron chi connectivity index (χ1n) is 6.34. The Morgan fingerprint density at radius 3 is 2.60 bits per heavy atom. The van der Waals surface area contributed by atoms with E-state index in [0.717, 1.165) is 19.6 Å². The number of ether oxygens (including phenoxy) is 1. The van der Waals surface area contributed by atoms with Crippen molar-refractivity contribution in [1.82, 2.24) is 4.90 Å². The van der Waals surface area contributed by atoms with Gasteiger partial charge in [0.2, 0.25) is 0 Å². The van der Waals surface area contributed by atoms with Crippen LogP contribution in [0.25, 0.3) is 0 Å². The van der Waals surface area contributed by atoms with Crippen molar-refractivity contribution in [2.45, 2.75) is 56.3 Å². The molecule has 3 fully saturated rings. The van der Waals surface area contributed by atoms with Crippen LogP contribution in [0.3, 0.4) is 0 Å². The Morgan fingerprint density at radius 2 is 1.93 bits per heavy atom. The Balaban J connectivity index is 1.49. The predicted octanol–water partition coefficient (Wildman–Crippen LogP) is 1.15. The molecule has 1 spiro atoms. The lowest BCUT2D eigenvalue weighted by molar-refractivity contribution is -0.0723. The second kappa shape index (κ2) is 3.72. The average Bonchev–Trinajstić information content (AvgIpc) is 2.76. The van der Waals surface area contributed by atoms with Gasteiger partial charge in [-0.25, -0.2) is 0 Å². The first-order chi connectivity index (χ1) is 7.26. The Labute approximate surface area is 91.4 Å². The molecule has 1 unspecified atom stereocenters. The number of nitrogens with zero attached hydrogens (tertiary/aromatic N) is 1. The van der Waals surface area contributed by atoms with Crippen LogP contribution >= 0.6 is 0 Å². The van der Waals surface area contributed by atoms with Gasteiger partial charge in [-0.15, -0.1) is 0 Å². The largest absolute Gasteiger partial charge is 0.390 e. The molecule has 1 aliphatic carbocycles. The molecule has 2 heterocycles. The van der Waals surface area contributed by atoms with Crippen molar-refractivity contribution >= 4 is 0 Å². The minimum Gasteiger partial charge on any atom is -0.390 e. The van der Waals surface area contributed by atoms with E-state index in [-0.39, 0.29) is 11.7 Å². The van der Waals surface area contributed by atoms with Crippen LogP contribution in [0.2, 0.25) is 0 Å². The van der Waals surface area contributed by atoms with Gasteiger partial charge in [0.1, 0.15) is 0 Å². The summed E-state index contributed by atoms with van der Waals surface area (Å²) >= 11 is 0. The highest BCUT2D eigenvalue weighted by molar-refractivity contribution is 4.94. The number of hydrogen-bond acceptors (Lipinski definition) is 3. The predicted molar refractivity (Wildman–Crippen MR) is 57.8 cm³/mol. The van der Waals surface area contributed by atoms with Crippen molar-refractivity contribution in [2.75, 3.05) is 19.6 Å². The summed E-state index contributed by atoms with van der Waals surface area (Å²) in [5.41, 5.74) is 0.272. The zero-order valence-corrected chi connectivity index (χ0v) is 9.32. The van der Waals surface area contributed by atoms with E-state index in [4.69, 9.17) is 4.74 Å². The molecule has 0 aromatic heterocycles. The molecular formula is C12H21NO2. The van der Waals surface area contributed by atoms with E-state index in [1.165, 1.54) is 38.5 Å². The molecule has 15 heavy (non-hydrogen) atoms. The highest BCUT2D eigenvalue weighted by Crippen LogP contribution is 2.43. The van der Waals surface area contributed by atoms with E-state index in [1.54, 1.807) is 0 Å². The maximum Gasteiger partial charge on any atom is 0.0793 e. The SMILES string of the molecule is OC1CN(CC2CCC3(CCCC3)O2)C1. The number of hydrogen-bond donors (Lipinski definition) is 1. The van der Waals surface area contributed by atoms with Gasteiger partial charge in [0.25, 0.3) is 0 Å². The first-order valence-corrected chi connectivity index (χ1v) is 6.34. The third-order valence-electron chi connectivity index (χ3n) is 4.25. The summed E-state index contributed by atoms with van der Waals surface area (Å²) in [5.74, 6) is 0. The van der Waals surface area contributed by atoms with Gasteiger partial charge < -0.3 is 9.84 Å². The summed E-state index contributed by atoms with van der Waals surface area (Å²) in [6.07, 6.45) is 8.14. The molecule has 3 nitrogen and oxygen atoms in total. The standard InChI is InChI=1S/C12H21NO2/c14-10-7-13(8-10)9-11-3-6-12(15-11)4-1-2-5-12/h10-11,14H,1-9H2. The third-order valence-corrected chi connectivity index (χ3v) is 4.25. The normalized spacial score (nSPS) is 36.2. The van der Waals surface area contributed by atoms with Gasteiger partial charge >= 0.3 is 0 Å². The maximum absolute atomic E-state index is 9.21. The fourth-order valence-corrected chi connectivity index (χ4v) is 3.39. The Morgan fingerprint density at radius 1 is 1.20 bits per heavy atom. The lowest BCUT2D eigenvalue weighted by Gasteiger charge is -2.37. The molecule has 2 aliphatic heterocycles. The minimum absolute atomic E-state index is 0.0770. The van der Waals surface area contributed by atoms with Gasteiger partial charge in [-0.05, 0) is 25.7 Å². The summed E-state index contributed by atoms with van der Waals surface area (Å²) in [4.78, 5) is 2.31. The van der Waals surface area contributed by atoms with Gasteiger partial charge in [0, 0.05) is 19.6 Å². The van der Waals surface area contributed by atoms with E-state index in [0.29, 0.717) is 6.10 Å². The topological polar surface area (TPSA) is 32.7 Å². The first kappa shape index (κ1) is 10.1. The van der Waals surface area contributed by atoms with Crippen molar-refractivity contribution in [3.05, 3.63) is 0 Å². The van der Waals surface area contributed by atoms with Gasteiger partial charge in [0.05, 0.1) is 17.8 Å². The summed E-state index contributed by atoms with van der Waals surface area (Å²) in [7, 11) is 0. The molecule has 3 heteroatoms. The van der Waals surface area contributed by atoms with Crippen LogP contribution in [-0.2, 0) is 4.74 Å². The molecule has 1 saturated carbocycles. The second-order valence-electron chi connectivity index (χ2n) is 5.54. The molecule has 86 valence electrons. The van der Waals surface area contributed by atoms with Gasteiger partial charge in [0.15, 0.2) is 0 Å². The quantitative estimate of drug-likeness (QED) is 0.744. The van der Waals surface area contributed by atoms with E-state index < -0.39 is 0 Å². The highest BCUT2D eigenvalue weighted by Gasteiger charge is 2.43. The van der Waals surface area contributed by atoms with Crippen molar-refractivity contribution in [1.29, 1.82) is 0 Å². The number of rotatable bonds is 2. The van der Waals surface area contributed by atoms with Crippen molar-refractivity contribution in [3.8, 4) is 0 Å². The third kappa shape index (κ3) is 1.93. The van der Waals surface area contributed by atoms with Gasteiger partial charge in [-0.1, -0.05) is 12.8 Å². The Hall–Kier alpha value is -0.120. The molecule has 0 aromatic carbocycles. The molecule has 1 atom stereocenters. The molecule has 0 bridgehead atoms. The molecule has 2 saturated heterocycles. The van der Waals surface area contributed by atoms with Gasteiger partial charge in [-0.2, -0.15) is 0 Å². The van der Waals surface area contributed by atoms with Crippen LogP contribution in [-0.4, -0.2) is 47.4 Å². The summed E-state index contributed by atoms with van der Waals surface area (Å²) in [5, 5.41) is 9.21. The van der Waals surface area contributed by atoms with E-state index >= 15 is 0 Å². The average molecular weight is 211 g/mol. The molecule has 3 aliphatic rings. The molecular weight excluding hydrogens is 190 g/mol. The van der Waals surface area contributed by atoms with Crippen LogP contribution in [0, 0.1) is 0 Å². The van der Waals surface area contributed by atoms with Crippen LogP contribution in [0.15, 0.2) is 0 Å². The maximum atomic E-state index is 9.21. The number of aliphatic hydroxyl groups is 1. The smallest absolute Gasteiger partial charge is 0.0793 e. The molecule has 1 N–H and O–H groups in total. The second-order valence-corrected chi connectivity index (χ2v) is 5.54. The lowest BCUT2D eigenvalue weighted by atomic mass is 9.98. The zero-order chi connectivity index (χ0) is 10.3. The Kier molecular flexibility index (Phi) is 2.49. The van der Waals surface area contributed by atoms with E-state index in [9.17, 15) is 5.11 Å². The molecule has 0 radical (unpaired) electrons. The highest BCUT2D eigenvalue weighted by atomic mass is 16.5. The van der Waals surface area contributed by atoms with Gasteiger partial charge in [-0.3, -0.25) is 4.90 Å². The summed E-state index contributed by atoms with van der Waals surface area (Å²) < 4.78 is 6.23. The number of aliphatic hydroxyl groups excluding tert-OH is 1. The number of likely N-dealkylation sites (tertiary alicyclic amines) is 1. The Bertz CT molecular complexity index is 232. The van der Waals surface area contributed by atoms with Crippen LogP contribution < -0.4 is 0 Å². The van der Waals surface area contributed by atoms with Crippen LogP contribution in [0.1, 0.15) is 38.5 Å². The summed E-state index contributed by atoms with van der Waals surface area (Å²) in [6, 6.07) is 0. The number of β-amino-alcohol motifs (C(OH)–C–C–N with tert-alkyl or cyclic N) is 1. The zero-order valence-electron chi connectivity index (χ0n) is 9.32. The van der Waals surface area contributed by atoms with E-state index in [1.807, 2.05) is 0 Å². The van der Waals surface area contributed by atoms with Crippen LogP contribution in [0.4, 0.5) is 0 Å². The van der Waals surface area contributed by atoms with E-state index in [2.05, 4.69) is 4.90 Å².